The van der Waals surface area contributed by atoms with Crippen molar-refractivity contribution in [3.05, 3.63) is 89.0 Å². The monoisotopic (exact) mass is 550 g/mol. The Morgan fingerprint density at radius 3 is 2.56 bits per heavy atom. The Morgan fingerprint density at radius 1 is 1.03 bits per heavy atom. The summed E-state index contributed by atoms with van der Waals surface area (Å²) >= 11 is 0. The molecule has 9 nitrogen and oxygen atoms in total. The summed E-state index contributed by atoms with van der Waals surface area (Å²) in [6.45, 7) is 5.14. The fraction of sp³-hybridized carbons (Fsp3) is 0.414. The molecule has 2 saturated heterocycles. The molecule has 10 heteroatoms. The van der Waals surface area contributed by atoms with Crippen LogP contribution in [0.3, 0.4) is 0 Å². The zero-order valence-corrected chi connectivity index (χ0v) is 23.3. The van der Waals surface area contributed by atoms with Gasteiger partial charge >= 0.3 is 0 Å². The van der Waals surface area contributed by atoms with Crippen LogP contribution < -0.4 is 4.74 Å². The first kappa shape index (κ1) is 27.2. The van der Waals surface area contributed by atoms with Gasteiger partial charge in [0, 0.05) is 31.6 Å². The Labute approximate surface area is 229 Å². The molecule has 3 aromatic rings. The lowest BCUT2D eigenvalue weighted by atomic mass is 10.0. The number of aromatic nitrogens is 2. The molecule has 3 heterocycles. The Bertz CT molecular complexity index is 1430. The summed E-state index contributed by atoms with van der Waals surface area (Å²) in [7, 11) is -2.00. The van der Waals surface area contributed by atoms with Crippen molar-refractivity contribution in [1.82, 2.24) is 19.2 Å². The molecule has 0 spiro atoms. The Balaban J connectivity index is 1.28. The topological polar surface area (TPSA) is 102 Å². The van der Waals surface area contributed by atoms with Gasteiger partial charge in [0.15, 0.2) is 0 Å². The summed E-state index contributed by atoms with van der Waals surface area (Å²) < 4.78 is 40.3. The fourth-order valence-electron chi connectivity index (χ4n) is 5.38. The van der Waals surface area contributed by atoms with Crippen LogP contribution >= 0.6 is 0 Å². The third-order valence-electron chi connectivity index (χ3n) is 7.41. The van der Waals surface area contributed by atoms with Crippen molar-refractivity contribution in [3.63, 3.8) is 0 Å². The summed E-state index contributed by atoms with van der Waals surface area (Å²) in [6.07, 6.45) is 4.06. The van der Waals surface area contributed by atoms with Crippen LogP contribution in [0.4, 0.5) is 0 Å². The SMILES string of the molecule is COC1CN(C(=O)c2cc(C)ccc2C)CC1Oc1cccc(CS(=O)(=O)N2CCCC2c2ncccn2)c1. The number of amides is 1. The number of nitrogens with zero attached hydrogens (tertiary/aromatic N) is 4. The molecule has 0 bridgehead atoms. The van der Waals surface area contributed by atoms with Gasteiger partial charge < -0.3 is 14.4 Å². The highest BCUT2D eigenvalue weighted by atomic mass is 32.2. The van der Waals surface area contributed by atoms with Crippen LogP contribution in [0.1, 0.15) is 51.8 Å². The van der Waals surface area contributed by atoms with Gasteiger partial charge in [-0.1, -0.05) is 29.8 Å². The van der Waals surface area contributed by atoms with E-state index < -0.39 is 10.0 Å². The minimum Gasteiger partial charge on any atom is -0.486 e. The number of aryl methyl sites for hydroxylation is 2. The predicted molar refractivity (Wildman–Crippen MR) is 147 cm³/mol. The second-order valence-electron chi connectivity index (χ2n) is 10.2. The molecule has 5 rings (SSSR count). The summed E-state index contributed by atoms with van der Waals surface area (Å²) in [5, 5.41) is 0. The van der Waals surface area contributed by atoms with Crippen LogP contribution in [0, 0.1) is 13.8 Å². The van der Waals surface area contributed by atoms with E-state index in [-0.39, 0.29) is 29.9 Å². The van der Waals surface area contributed by atoms with Crippen molar-refractivity contribution in [2.45, 2.75) is 50.7 Å². The van der Waals surface area contributed by atoms with Gasteiger partial charge in [0.1, 0.15) is 23.8 Å². The first-order valence-corrected chi connectivity index (χ1v) is 14.8. The summed E-state index contributed by atoms with van der Waals surface area (Å²) in [4.78, 5) is 23.6. The van der Waals surface area contributed by atoms with Gasteiger partial charge in [-0.3, -0.25) is 4.79 Å². The lowest BCUT2D eigenvalue weighted by Crippen LogP contribution is -2.33. The molecule has 2 aliphatic rings. The predicted octanol–water partition coefficient (Wildman–Crippen LogP) is 3.68. The second kappa shape index (κ2) is 11.4. The molecule has 0 N–H and O–H groups in total. The van der Waals surface area contributed by atoms with Crippen molar-refractivity contribution in [1.29, 1.82) is 0 Å². The lowest BCUT2D eigenvalue weighted by molar-refractivity contribution is 0.0339. The number of ether oxygens (including phenoxy) is 2. The van der Waals surface area contributed by atoms with E-state index in [4.69, 9.17) is 9.47 Å². The molecule has 2 aliphatic heterocycles. The standard InChI is InChI=1S/C29H34N4O5S/c1-20-10-11-21(2)24(15-20)29(34)32-17-26(37-3)27(18-32)38-23-8-4-7-22(16-23)19-39(35,36)33-14-5-9-25(33)28-30-12-6-13-31-28/h4,6-8,10-13,15-16,25-27H,5,9,14,17-19H2,1-3H3. The molecule has 206 valence electrons. The van der Waals surface area contributed by atoms with E-state index in [0.29, 0.717) is 48.8 Å². The molecule has 0 aliphatic carbocycles. The number of likely N-dealkylation sites (tertiary alicyclic amines) is 1. The molecule has 2 fully saturated rings. The zero-order chi connectivity index (χ0) is 27.6. The third-order valence-corrected chi connectivity index (χ3v) is 9.26. The second-order valence-corrected chi connectivity index (χ2v) is 12.2. The number of hydrogen-bond donors (Lipinski definition) is 0. The van der Waals surface area contributed by atoms with Gasteiger partial charge in [0.2, 0.25) is 10.0 Å². The summed E-state index contributed by atoms with van der Waals surface area (Å²) in [5.41, 5.74) is 3.26. The van der Waals surface area contributed by atoms with E-state index in [9.17, 15) is 13.2 Å². The maximum atomic E-state index is 13.4. The molecule has 1 amide bonds. The van der Waals surface area contributed by atoms with E-state index in [1.807, 2.05) is 32.0 Å². The van der Waals surface area contributed by atoms with Crippen LogP contribution in [0.2, 0.25) is 0 Å². The number of carbonyl (C=O) groups excluding carboxylic acids is 1. The molecule has 0 radical (unpaired) electrons. The zero-order valence-electron chi connectivity index (χ0n) is 22.5. The van der Waals surface area contributed by atoms with Crippen LogP contribution in [0.25, 0.3) is 0 Å². The smallest absolute Gasteiger partial charge is 0.254 e. The Morgan fingerprint density at radius 2 is 1.79 bits per heavy atom. The average molecular weight is 551 g/mol. The number of carbonyl (C=O) groups is 1. The van der Waals surface area contributed by atoms with E-state index in [1.54, 1.807) is 54.7 Å². The van der Waals surface area contributed by atoms with Gasteiger partial charge in [0.25, 0.3) is 5.91 Å². The van der Waals surface area contributed by atoms with Crippen molar-refractivity contribution >= 4 is 15.9 Å². The van der Waals surface area contributed by atoms with Crippen molar-refractivity contribution in [3.8, 4) is 5.75 Å². The molecule has 1 aromatic heterocycles. The molecular formula is C29H34N4O5S. The molecule has 2 aromatic carbocycles. The third kappa shape index (κ3) is 5.98. The fourth-order valence-corrected chi connectivity index (χ4v) is 7.14. The van der Waals surface area contributed by atoms with E-state index in [0.717, 1.165) is 17.5 Å². The largest absolute Gasteiger partial charge is 0.486 e. The highest BCUT2D eigenvalue weighted by molar-refractivity contribution is 7.88. The van der Waals surface area contributed by atoms with Crippen LogP contribution in [-0.4, -0.2) is 72.5 Å². The van der Waals surface area contributed by atoms with E-state index in [1.165, 1.54) is 4.31 Å². The minimum atomic E-state index is -3.61. The maximum absolute atomic E-state index is 13.4. The minimum absolute atomic E-state index is 0.0493. The normalized spacial score (nSPS) is 21.8. The number of sulfonamides is 1. The number of hydrogen-bond acceptors (Lipinski definition) is 7. The van der Waals surface area contributed by atoms with Crippen LogP contribution in [-0.2, 0) is 20.5 Å². The quantitative estimate of drug-likeness (QED) is 0.422. The van der Waals surface area contributed by atoms with Gasteiger partial charge in [-0.05, 0) is 62.1 Å². The average Bonchev–Trinajstić information content (AvgIpc) is 3.58. The Kier molecular flexibility index (Phi) is 7.97. The highest BCUT2D eigenvalue weighted by Gasteiger charge is 2.39. The lowest BCUT2D eigenvalue weighted by Gasteiger charge is -2.23. The van der Waals surface area contributed by atoms with Crippen molar-refractivity contribution in [2.75, 3.05) is 26.7 Å². The van der Waals surface area contributed by atoms with Gasteiger partial charge in [-0.2, -0.15) is 4.31 Å². The molecular weight excluding hydrogens is 516 g/mol. The summed E-state index contributed by atoms with van der Waals surface area (Å²) in [5.74, 6) is 0.873. The van der Waals surface area contributed by atoms with Crippen molar-refractivity contribution < 1.29 is 22.7 Å². The van der Waals surface area contributed by atoms with Crippen LogP contribution in [0.15, 0.2) is 60.9 Å². The van der Waals surface area contributed by atoms with E-state index in [2.05, 4.69) is 9.97 Å². The van der Waals surface area contributed by atoms with E-state index >= 15 is 0 Å². The molecule has 3 atom stereocenters. The summed E-state index contributed by atoms with van der Waals surface area (Å²) in [6, 6.07) is 14.4. The van der Waals surface area contributed by atoms with Crippen LogP contribution in [0.5, 0.6) is 5.75 Å². The Hall–Kier alpha value is -3.34. The van der Waals surface area contributed by atoms with Crippen molar-refractivity contribution in [2.24, 2.45) is 0 Å². The number of benzene rings is 2. The number of rotatable bonds is 8. The van der Waals surface area contributed by atoms with Gasteiger partial charge in [-0.25, -0.2) is 18.4 Å². The highest BCUT2D eigenvalue weighted by Crippen LogP contribution is 2.34. The first-order valence-electron chi connectivity index (χ1n) is 13.2. The van der Waals surface area contributed by atoms with Gasteiger partial charge in [-0.15, -0.1) is 0 Å². The number of methoxy groups -OCH3 is 1. The molecule has 3 unspecified atom stereocenters. The maximum Gasteiger partial charge on any atom is 0.254 e. The molecule has 0 saturated carbocycles. The van der Waals surface area contributed by atoms with Gasteiger partial charge in [0.05, 0.1) is 24.9 Å². The first-order chi connectivity index (χ1) is 18.7. The molecule has 39 heavy (non-hydrogen) atoms.